The fraction of sp³-hybridized carbons (Fsp3) is 0.429. The zero-order valence-corrected chi connectivity index (χ0v) is 15.7. The number of aryl methyl sites for hydroxylation is 1. The van der Waals surface area contributed by atoms with Crippen molar-refractivity contribution in [1.82, 2.24) is 29.1 Å². The first-order chi connectivity index (χ1) is 13.8. The third kappa shape index (κ3) is 3.18. The molecule has 0 aromatic carbocycles. The van der Waals surface area contributed by atoms with Crippen molar-refractivity contribution >= 4 is 34.7 Å². The summed E-state index contributed by atoms with van der Waals surface area (Å²) in [5, 5.41) is 41.2. The summed E-state index contributed by atoms with van der Waals surface area (Å²) in [4.78, 5) is 26.8. The van der Waals surface area contributed by atoms with E-state index in [0.29, 0.717) is 0 Å². The molecule has 1 aliphatic rings. The minimum absolute atomic E-state index is 0.127. The summed E-state index contributed by atoms with van der Waals surface area (Å²) in [7, 11) is 1.60. The van der Waals surface area contributed by atoms with Crippen molar-refractivity contribution in [2.75, 3.05) is 12.3 Å². The Labute approximate surface area is 166 Å². The molecule has 154 valence electrons. The van der Waals surface area contributed by atoms with Crippen molar-refractivity contribution < 1.29 is 25.0 Å². The van der Waals surface area contributed by atoms with Gasteiger partial charge in [0.25, 0.3) is 0 Å². The molecule has 1 fully saturated rings. The van der Waals surface area contributed by atoms with Gasteiger partial charge >= 0.3 is 5.82 Å². The number of anilines is 1. The van der Waals surface area contributed by atoms with Gasteiger partial charge in [-0.05, 0) is 21.7 Å². The van der Waals surface area contributed by atoms with E-state index in [1.807, 2.05) is 0 Å². The van der Waals surface area contributed by atoms with Crippen LogP contribution in [-0.2, 0) is 11.8 Å². The van der Waals surface area contributed by atoms with Gasteiger partial charge in [0.05, 0.1) is 12.9 Å². The average Bonchev–Trinajstić information content (AvgIpc) is 3.33. The topological polar surface area (TPSA) is 200 Å². The molecule has 0 bridgehead atoms. The van der Waals surface area contributed by atoms with Crippen molar-refractivity contribution in [3.63, 3.8) is 0 Å². The van der Waals surface area contributed by atoms with Crippen molar-refractivity contribution in [2.24, 2.45) is 7.05 Å². The molecular weight excluding hydrogens is 408 g/mol. The number of aromatic nitrogens is 6. The number of hydrogen-bond donors (Lipinski definition) is 4. The predicted molar refractivity (Wildman–Crippen MR) is 96.7 cm³/mol. The molecule has 4 heterocycles. The van der Waals surface area contributed by atoms with Crippen LogP contribution in [0.2, 0.25) is 0 Å². The van der Waals surface area contributed by atoms with E-state index in [1.54, 1.807) is 7.05 Å². The largest absolute Gasteiger partial charge is 0.396 e. The molecule has 4 atom stereocenters. The van der Waals surface area contributed by atoms with Crippen LogP contribution in [0.5, 0.6) is 0 Å². The molecule has 4 rings (SSSR count). The summed E-state index contributed by atoms with van der Waals surface area (Å²) < 4.78 is 8.33. The number of nitro groups is 1. The highest BCUT2D eigenvalue weighted by molar-refractivity contribution is 7.99. The molecule has 29 heavy (non-hydrogen) atoms. The molecule has 1 aliphatic heterocycles. The van der Waals surface area contributed by atoms with Crippen molar-refractivity contribution in [1.29, 1.82) is 0 Å². The summed E-state index contributed by atoms with van der Waals surface area (Å²) in [6.07, 6.45) is -2.05. The number of rotatable bonds is 5. The maximum Gasteiger partial charge on any atom is 0.396 e. The molecule has 14 nitrogen and oxygen atoms in total. The van der Waals surface area contributed by atoms with E-state index >= 15 is 0 Å². The first-order valence-corrected chi connectivity index (χ1v) is 9.09. The van der Waals surface area contributed by atoms with Crippen LogP contribution in [0.15, 0.2) is 22.7 Å². The SMILES string of the molecule is Cn1cnc([N+](=O)[O-])c1Sc1nc(N)nc2c1ncn2[C@H]1O[C@@H](CO)[C@@H](O)[C@H]1O. The lowest BCUT2D eigenvalue weighted by molar-refractivity contribution is -0.392. The highest BCUT2D eigenvalue weighted by Gasteiger charge is 2.44. The molecule has 3 aromatic heterocycles. The van der Waals surface area contributed by atoms with Crippen LogP contribution in [0, 0.1) is 10.1 Å². The van der Waals surface area contributed by atoms with Crippen LogP contribution in [0.4, 0.5) is 11.8 Å². The van der Waals surface area contributed by atoms with Crippen LogP contribution in [-0.4, -0.2) is 74.2 Å². The minimum Gasteiger partial charge on any atom is -0.394 e. The second-order valence-corrected chi connectivity index (χ2v) is 7.26. The van der Waals surface area contributed by atoms with Crippen LogP contribution in [0.25, 0.3) is 11.2 Å². The van der Waals surface area contributed by atoms with Crippen molar-refractivity contribution in [3.8, 4) is 0 Å². The highest BCUT2D eigenvalue weighted by atomic mass is 32.2. The van der Waals surface area contributed by atoms with E-state index in [-0.39, 0.29) is 33.0 Å². The Hall–Kier alpha value is -2.85. The smallest absolute Gasteiger partial charge is 0.394 e. The number of fused-ring (bicyclic) bond motifs is 1. The van der Waals surface area contributed by atoms with E-state index in [2.05, 4.69) is 19.9 Å². The van der Waals surface area contributed by atoms with Gasteiger partial charge in [-0.25, -0.2) is 9.97 Å². The Morgan fingerprint density at radius 1 is 1.31 bits per heavy atom. The highest BCUT2D eigenvalue weighted by Crippen LogP contribution is 2.37. The molecular formula is C14H16N8O6S. The maximum atomic E-state index is 11.2. The van der Waals surface area contributed by atoms with Gasteiger partial charge in [-0.3, -0.25) is 4.57 Å². The normalized spacial score (nSPS) is 24.4. The number of nitrogens with two attached hydrogens (primary N) is 1. The lowest BCUT2D eigenvalue weighted by Gasteiger charge is -2.16. The lowest BCUT2D eigenvalue weighted by Crippen LogP contribution is -2.33. The van der Waals surface area contributed by atoms with Gasteiger partial charge < -0.3 is 40.5 Å². The average molecular weight is 424 g/mol. The molecule has 0 unspecified atom stereocenters. The van der Waals surface area contributed by atoms with Crippen LogP contribution >= 0.6 is 11.8 Å². The summed E-state index contributed by atoms with van der Waals surface area (Å²) >= 11 is 0.941. The van der Waals surface area contributed by atoms with E-state index in [4.69, 9.17) is 10.5 Å². The van der Waals surface area contributed by atoms with Gasteiger partial charge in [0.2, 0.25) is 12.3 Å². The number of hydrogen-bond acceptors (Lipinski definition) is 12. The first-order valence-electron chi connectivity index (χ1n) is 8.28. The molecule has 5 N–H and O–H groups in total. The lowest BCUT2D eigenvalue weighted by atomic mass is 10.1. The van der Waals surface area contributed by atoms with E-state index in [1.165, 1.54) is 21.8 Å². The Kier molecular flexibility index (Phi) is 4.83. The van der Waals surface area contributed by atoms with Gasteiger partial charge in [-0.15, -0.1) is 0 Å². The van der Waals surface area contributed by atoms with Crippen LogP contribution in [0.3, 0.4) is 0 Å². The third-order valence-electron chi connectivity index (χ3n) is 4.43. The number of ether oxygens (including phenoxy) is 1. The number of nitrogens with zero attached hydrogens (tertiary/aromatic N) is 7. The maximum absolute atomic E-state index is 11.2. The molecule has 0 spiro atoms. The monoisotopic (exact) mass is 424 g/mol. The van der Waals surface area contributed by atoms with Crippen LogP contribution < -0.4 is 5.73 Å². The Morgan fingerprint density at radius 2 is 2.07 bits per heavy atom. The third-order valence-corrected chi connectivity index (χ3v) is 5.57. The fourth-order valence-corrected chi connectivity index (χ4v) is 3.99. The first kappa shape index (κ1) is 19.5. The molecule has 0 amide bonds. The number of aliphatic hydroxyl groups is 3. The quantitative estimate of drug-likeness (QED) is 0.217. The van der Waals surface area contributed by atoms with Gasteiger partial charge in [0.1, 0.15) is 28.9 Å². The van der Waals surface area contributed by atoms with Gasteiger partial charge in [0.15, 0.2) is 16.9 Å². The zero-order chi connectivity index (χ0) is 20.9. The Bertz CT molecular complexity index is 1090. The molecule has 1 saturated heterocycles. The van der Waals surface area contributed by atoms with Gasteiger partial charge in [-0.2, -0.15) is 4.98 Å². The fourth-order valence-electron chi connectivity index (χ4n) is 3.02. The number of imidazole rings is 2. The minimum atomic E-state index is -1.34. The van der Waals surface area contributed by atoms with Crippen LogP contribution in [0.1, 0.15) is 6.23 Å². The summed E-state index contributed by atoms with van der Waals surface area (Å²) in [6.45, 7) is -0.482. The number of aliphatic hydroxyl groups excluding tert-OH is 3. The van der Waals surface area contributed by atoms with Gasteiger partial charge in [0, 0.05) is 7.05 Å². The second kappa shape index (κ2) is 7.20. The summed E-state index contributed by atoms with van der Waals surface area (Å²) in [5.74, 6) is -0.468. The molecule has 0 aliphatic carbocycles. The Balaban J connectivity index is 1.77. The predicted octanol–water partition coefficient (Wildman–Crippen LogP) is -1.19. The summed E-state index contributed by atoms with van der Waals surface area (Å²) in [5.41, 5.74) is 6.26. The van der Waals surface area contributed by atoms with E-state index in [9.17, 15) is 25.4 Å². The summed E-state index contributed by atoms with van der Waals surface area (Å²) in [6, 6.07) is 0. The molecule has 0 radical (unpaired) electrons. The van der Waals surface area contributed by atoms with Gasteiger partial charge in [-0.1, -0.05) is 0 Å². The van der Waals surface area contributed by atoms with Crippen molar-refractivity contribution in [3.05, 3.63) is 22.8 Å². The molecule has 15 heteroatoms. The molecule has 0 saturated carbocycles. The number of nitrogen functional groups attached to an aromatic ring is 1. The van der Waals surface area contributed by atoms with Crippen molar-refractivity contribution in [2.45, 2.75) is 34.6 Å². The second-order valence-electron chi connectivity index (χ2n) is 6.28. The van der Waals surface area contributed by atoms with E-state index < -0.39 is 36.1 Å². The zero-order valence-electron chi connectivity index (χ0n) is 14.9. The standard InChI is InChI=1S/C14H16N8O6S/c1-20-3-17-10(22(26)27)13(20)29-11-6-9(18-14(15)19-11)21(4-16-6)12-8(25)7(24)5(2-23)28-12/h3-5,7-8,12,23-25H,2H2,1H3,(H2,15,18,19)/t5-,7+,8+,12-/m0/s1. The molecule has 3 aromatic rings. The Morgan fingerprint density at radius 3 is 2.72 bits per heavy atom. The van der Waals surface area contributed by atoms with E-state index in [0.717, 1.165) is 11.8 Å².